The summed E-state index contributed by atoms with van der Waals surface area (Å²) in [5.41, 5.74) is 11.0. The average molecular weight is 421 g/mol. The number of hydrogen-bond acceptors (Lipinski definition) is 3. The summed E-state index contributed by atoms with van der Waals surface area (Å²) < 4.78 is 0. The highest BCUT2D eigenvalue weighted by molar-refractivity contribution is 6.04. The van der Waals surface area contributed by atoms with E-state index in [1.807, 2.05) is 12.1 Å². The predicted molar refractivity (Wildman–Crippen MR) is 131 cm³/mol. The van der Waals surface area contributed by atoms with Crippen LogP contribution >= 0.6 is 0 Å². The molecule has 5 aromatic rings. The highest BCUT2D eigenvalue weighted by Crippen LogP contribution is 2.37. The minimum absolute atomic E-state index is 0.0860. The number of benzene rings is 3. The van der Waals surface area contributed by atoms with Crippen LogP contribution in [0.25, 0.3) is 32.8 Å². The molecule has 158 valence electrons. The van der Waals surface area contributed by atoms with E-state index in [-0.39, 0.29) is 5.91 Å². The third kappa shape index (κ3) is 3.43. The lowest BCUT2D eigenvalue weighted by Crippen LogP contribution is -2.24. The van der Waals surface area contributed by atoms with Crippen LogP contribution in [-0.4, -0.2) is 22.4 Å². The Balaban J connectivity index is 1.72. The number of aromatic amines is 1. The number of carbonyl (C=O) groups excluding carboxylic acids is 1. The van der Waals surface area contributed by atoms with Gasteiger partial charge >= 0.3 is 0 Å². The first-order chi connectivity index (χ1) is 15.7. The number of aromatic nitrogens is 2. The standard InChI is InChI=1S/C27H24N4O/c1-18(32)31(21-8-5-15-29-17-21)27-24(13-14-28)25-16-20(11-12-26(25)30-27)23-10-4-7-19-6-2-3-9-22(19)23/h2-12,15-17,30H,13-14,28H2,1H3. The molecule has 5 rings (SSSR count). The molecule has 0 radical (unpaired) electrons. The smallest absolute Gasteiger partial charge is 0.229 e. The van der Waals surface area contributed by atoms with Crippen LogP contribution in [0, 0.1) is 0 Å². The zero-order valence-corrected chi connectivity index (χ0v) is 17.9. The Hall–Kier alpha value is -3.96. The van der Waals surface area contributed by atoms with Crippen molar-refractivity contribution in [3.8, 4) is 11.1 Å². The van der Waals surface area contributed by atoms with E-state index in [2.05, 4.69) is 70.6 Å². The van der Waals surface area contributed by atoms with Gasteiger partial charge in [-0.2, -0.15) is 0 Å². The van der Waals surface area contributed by atoms with Gasteiger partial charge in [0.2, 0.25) is 5.91 Å². The van der Waals surface area contributed by atoms with E-state index in [1.165, 1.54) is 16.3 Å². The fraction of sp³-hybridized carbons (Fsp3) is 0.111. The van der Waals surface area contributed by atoms with Crippen LogP contribution in [0.2, 0.25) is 0 Å². The van der Waals surface area contributed by atoms with Crippen molar-refractivity contribution in [2.24, 2.45) is 5.73 Å². The lowest BCUT2D eigenvalue weighted by Gasteiger charge is -2.21. The molecule has 3 aromatic carbocycles. The molecule has 0 aliphatic heterocycles. The SMILES string of the molecule is CC(=O)N(c1cccnc1)c1[nH]c2ccc(-c3cccc4ccccc34)cc2c1CCN. The predicted octanol–water partition coefficient (Wildman–Crippen LogP) is 5.57. The van der Waals surface area contributed by atoms with E-state index >= 15 is 0 Å². The summed E-state index contributed by atoms with van der Waals surface area (Å²) in [6.07, 6.45) is 4.04. The van der Waals surface area contributed by atoms with Crippen LogP contribution in [-0.2, 0) is 11.2 Å². The summed E-state index contributed by atoms with van der Waals surface area (Å²) in [5.74, 6) is 0.665. The second-order valence-corrected chi connectivity index (χ2v) is 7.84. The highest BCUT2D eigenvalue weighted by atomic mass is 16.2. The maximum Gasteiger partial charge on any atom is 0.229 e. The molecule has 32 heavy (non-hydrogen) atoms. The van der Waals surface area contributed by atoms with Crippen molar-refractivity contribution in [2.75, 3.05) is 11.4 Å². The molecule has 0 bridgehead atoms. The van der Waals surface area contributed by atoms with Crippen LogP contribution in [0.5, 0.6) is 0 Å². The summed E-state index contributed by atoms with van der Waals surface area (Å²) >= 11 is 0. The number of amides is 1. The number of nitrogens with zero attached hydrogens (tertiary/aromatic N) is 2. The van der Waals surface area contributed by atoms with Crippen molar-refractivity contribution in [1.82, 2.24) is 9.97 Å². The Morgan fingerprint density at radius 2 is 1.84 bits per heavy atom. The highest BCUT2D eigenvalue weighted by Gasteiger charge is 2.22. The fourth-order valence-electron chi connectivity index (χ4n) is 4.42. The first kappa shape index (κ1) is 20.0. The van der Waals surface area contributed by atoms with Crippen molar-refractivity contribution >= 4 is 39.1 Å². The number of rotatable bonds is 5. The van der Waals surface area contributed by atoms with Gasteiger partial charge in [0.1, 0.15) is 5.82 Å². The van der Waals surface area contributed by atoms with Crippen molar-refractivity contribution in [3.63, 3.8) is 0 Å². The lowest BCUT2D eigenvalue weighted by molar-refractivity contribution is -0.115. The van der Waals surface area contributed by atoms with Gasteiger partial charge in [0, 0.05) is 29.6 Å². The molecule has 0 saturated carbocycles. The average Bonchev–Trinajstić information content (AvgIpc) is 3.16. The molecule has 0 aliphatic carbocycles. The molecular formula is C27H24N4O. The zero-order chi connectivity index (χ0) is 22.1. The number of nitrogens with one attached hydrogen (secondary N) is 1. The third-order valence-corrected chi connectivity index (χ3v) is 5.82. The van der Waals surface area contributed by atoms with Gasteiger partial charge in [-0.3, -0.25) is 14.7 Å². The topological polar surface area (TPSA) is 75.0 Å². The van der Waals surface area contributed by atoms with Gasteiger partial charge in [-0.05, 0) is 59.1 Å². The van der Waals surface area contributed by atoms with E-state index in [0.29, 0.717) is 13.0 Å². The van der Waals surface area contributed by atoms with E-state index in [9.17, 15) is 4.79 Å². The summed E-state index contributed by atoms with van der Waals surface area (Å²) in [7, 11) is 0. The van der Waals surface area contributed by atoms with E-state index in [1.54, 1.807) is 24.2 Å². The number of fused-ring (bicyclic) bond motifs is 2. The Morgan fingerprint density at radius 3 is 2.62 bits per heavy atom. The van der Waals surface area contributed by atoms with Gasteiger partial charge < -0.3 is 10.7 Å². The Kier molecular flexibility index (Phi) is 5.17. The van der Waals surface area contributed by atoms with Crippen molar-refractivity contribution < 1.29 is 4.79 Å². The van der Waals surface area contributed by atoms with Crippen LogP contribution in [0.1, 0.15) is 12.5 Å². The van der Waals surface area contributed by atoms with Gasteiger partial charge in [0.05, 0.1) is 11.9 Å². The molecule has 0 aliphatic rings. The molecule has 5 heteroatoms. The molecule has 0 unspecified atom stereocenters. The number of carbonyl (C=O) groups is 1. The number of nitrogens with two attached hydrogens (primary N) is 1. The van der Waals surface area contributed by atoms with Crippen LogP contribution in [0.15, 0.2) is 85.2 Å². The molecule has 0 saturated heterocycles. The Bertz CT molecular complexity index is 1420. The Labute approximate surface area is 186 Å². The molecule has 0 fully saturated rings. The van der Waals surface area contributed by atoms with Gasteiger partial charge in [-0.1, -0.05) is 48.5 Å². The molecule has 1 amide bonds. The van der Waals surface area contributed by atoms with Crippen LogP contribution in [0.3, 0.4) is 0 Å². The summed E-state index contributed by atoms with van der Waals surface area (Å²) in [4.78, 5) is 22.0. The van der Waals surface area contributed by atoms with Crippen molar-refractivity contribution in [1.29, 1.82) is 0 Å². The normalized spacial score (nSPS) is 11.2. The fourth-order valence-corrected chi connectivity index (χ4v) is 4.42. The zero-order valence-electron chi connectivity index (χ0n) is 17.9. The van der Waals surface area contributed by atoms with E-state index in [4.69, 9.17) is 5.73 Å². The minimum atomic E-state index is -0.0860. The molecule has 3 N–H and O–H groups in total. The third-order valence-electron chi connectivity index (χ3n) is 5.82. The van der Waals surface area contributed by atoms with Crippen LogP contribution in [0.4, 0.5) is 11.5 Å². The van der Waals surface area contributed by atoms with E-state index in [0.717, 1.165) is 33.5 Å². The molecule has 0 atom stereocenters. The summed E-state index contributed by atoms with van der Waals surface area (Å²) in [6, 6.07) is 24.9. The number of H-pyrrole nitrogens is 1. The Morgan fingerprint density at radius 1 is 1.00 bits per heavy atom. The number of hydrogen-bond donors (Lipinski definition) is 2. The van der Waals surface area contributed by atoms with Gasteiger partial charge in [0.25, 0.3) is 0 Å². The van der Waals surface area contributed by atoms with Crippen LogP contribution < -0.4 is 10.6 Å². The maximum atomic E-state index is 12.7. The van der Waals surface area contributed by atoms with Gasteiger partial charge in [-0.15, -0.1) is 0 Å². The molecule has 5 nitrogen and oxygen atoms in total. The maximum absolute atomic E-state index is 12.7. The largest absolute Gasteiger partial charge is 0.341 e. The molecular weight excluding hydrogens is 396 g/mol. The second kappa shape index (κ2) is 8.29. The summed E-state index contributed by atoms with van der Waals surface area (Å²) in [6.45, 7) is 2.05. The minimum Gasteiger partial charge on any atom is -0.341 e. The van der Waals surface area contributed by atoms with Crippen molar-refractivity contribution in [3.05, 3.63) is 90.8 Å². The van der Waals surface area contributed by atoms with Crippen molar-refractivity contribution in [2.45, 2.75) is 13.3 Å². The number of pyridine rings is 1. The number of anilines is 2. The first-order valence-electron chi connectivity index (χ1n) is 10.7. The van der Waals surface area contributed by atoms with Gasteiger partial charge in [-0.25, -0.2) is 0 Å². The molecule has 2 heterocycles. The quantitative estimate of drug-likeness (QED) is 0.390. The monoisotopic (exact) mass is 420 g/mol. The summed E-state index contributed by atoms with van der Waals surface area (Å²) in [5, 5.41) is 3.50. The molecule has 0 spiro atoms. The van der Waals surface area contributed by atoms with E-state index < -0.39 is 0 Å². The molecule has 2 aromatic heterocycles. The lowest BCUT2D eigenvalue weighted by atomic mass is 9.96. The first-order valence-corrected chi connectivity index (χ1v) is 10.7. The second-order valence-electron chi connectivity index (χ2n) is 7.84. The van der Waals surface area contributed by atoms with Gasteiger partial charge in [0.15, 0.2) is 0 Å².